The highest BCUT2D eigenvalue weighted by Gasteiger charge is 2.12. The summed E-state index contributed by atoms with van der Waals surface area (Å²) in [7, 11) is 0. The molecule has 0 spiro atoms. The minimum Gasteiger partial charge on any atom is -0.494 e. The normalized spacial score (nSPS) is 10.3. The summed E-state index contributed by atoms with van der Waals surface area (Å²) in [5.41, 5.74) is 2.42. The Balaban J connectivity index is 1.62. The number of nitrogens with one attached hydrogen (secondary N) is 2. The molecule has 3 aromatic rings. The number of benzene rings is 3. The first-order valence-electron chi connectivity index (χ1n) is 9.72. The van der Waals surface area contributed by atoms with Crippen molar-refractivity contribution in [3.8, 4) is 5.75 Å². The molecular formula is C24H23ClN2O3. The third kappa shape index (κ3) is 5.84. The van der Waals surface area contributed by atoms with Gasteiger partial charge >= 0.3 is 0 Å². The lowest BCUT2D eigenvalue weighted by molar-refractivity contribution is 0.0952. The zero-order valence-corrected chi connectivity index (χ0v) is 17.4. The Labute approximate surface area is 181 Å². The van der Waals surface area contributed by atoms with E-state index < -0.39 is 0 Å². The van der Waals surface area contributed by atoms with E-state index in [0.717, 1.165) is 12.0 Å². The molecule has 0 heterocycles. The molecule has 0 unspecified atom stereocenters. The third-order valence-corrected chi connectivity index (χ3v) is 4.78. The molecule has 154 valence electrons. The summed E-state index contributed by atoms with van der Waals surface area (Å²) in [6.07, 6.45) is 0.738. The predicted octanol–water partition coefficient (Wildman–Crippen LogP) is 4.96. The van der Waals surface area contributed by atoms with Crippen LogP contribution < -0.4 is 15.4 Å². The number of hydrogen-bond acceptors (Lipinski definition) is 3. The molecule has 0 atom stereocenters. The maximum Gasteiger partial charge on any atom is 0.255 e. The number of hydrogen-bond donors (Lipinski definition) is 2. The van der Waals surface area contributed by atoms with E-state index in [1.807, 2.05) is 37.3 Å². The maximum absolute atomic E-state index is 12.5. The lowest BCUT2D eigenvalue weighted by Crippen LogP contribution is -2.25. The summed E-state index contributed by atoms with van der Waals surface area (Å²) >= 11 is 6.22. The minimum atomic E-state index is -0.318. The van der Waals surface area contributed by atoms with Crippen molar-refractivity contribution >= 4 is 29.1 Å². The molecule has 30 heavy (non-hydrogen) atoms. The summed E-state index contributed by atoms with van der Waals surface area (Å²) in [6, 6.07) is 21.5. The Morgan fingerprint density at radius 3 is 2.30 bits per heavy atom. The van der Waals surface area contributed by atoms with Crippen molar-refractivity contribution in [3.05, 3.63) is 94.5 Å². The summed E-state index contributed by atoms with van der Waals surface area (Å²) < 4.78 is 5.38. The van der Waals surface area contributed by atoms with Gasteiger partial charge in [0.15, 0.2) is 0 Å². The molecule has 0 aliphatic heterocycles. The van der Waals surface area contributed by atoms with Gasteiger partial charge in [-0.3, -0.25) is 9.59 Å². The Kier molecular flexibility index (Phi) is 7.46. The molecule has 2 N–H and O–H groups in total. The molecule has 5 nitrogen and oxygen atoms in total. The Hall–Kier alpha value is -3.31. The van der Waals surface area contributed by atoms with Crippen molar-refractivity contribution in [2.45, 2.75) is 13.3 Å². The van der Waals surface area contributed by atoms with Crippen LogP contribution in [0.4, 0.5) is 5.69 Å². The van der Waals surface area contributed by atoms with Gasteiger partial charge < -0.3 is 15.4 Å². The number of amides is 2. The lowest BCUT2D eigenvalue weighted by Gasteiger charge is -2.11. The van der Waals surface area contributed by atoms with Gasteiger partial charge in [-0.1, -0.05) is 41.9 Å². The van der Waals surface area contributed by atoms with Crippen LogP contribution in [0.1, 0.15) is 33.2 Å². The average molecular weight is 423 g/mol. The van der Waals surface area contributed by atoms with Gasteiger partial charge in [0.1, 0.15) is 5.75 Å². The van der Waals surface area contributed by atoms with Crippen LogP contribution in [0, 0.1) is 0 Å². The lowest BCUT2D eigenvalue weighted by atomic mass is 10.1. The molecule has 3 aromatic carbocycles. The van der Waals surface area contributed by atoms with Crippen LogP contribution in [-0.4, -0.2) is 25.0 Å². The first-order chi connectivity index (χ1) is 14.6. The maximum atomic E-state index is 12.5. The van der Waals surface area contributed by atoms with Crippen LogP contribution >= 0.6 is 11.6 Å². The van der Waals surface area contributed by atoms with Crippen LogP contribution in [0.15, 0.2) is 72.8 Å². The highest BCUT2D eigenvalue weighted by molar-refractivity contribution is 6.34. The molecule has 0 aliphatic rings. The van der Waals surface area contributed by atoms with Crippen molar-refractivity contribution < 1.29 is 14.3 Å². The van der Waals surface area contributed by atoms with E-state index in [-0.39, 0.29) is 11.8 Å². The number of anilines is 1. The van der Waals surface area contributed by atoms with E-state index in [1.165, 1.54) is 0 Å². The Bertz CT molecular complexity index is 1000. The predicted molar refractivity (Wildman–Crippen MR) is 119 cm³/mol. The molecule has 6 heteroatoms. The Morgan fingerprint density at radius 1 is 0.900 bits per heavy atom. The van der Waals surface area contributed by atoms with Crippen LogP contribution in [-0.2, 0) is 6.42 Å². The summed E-state index contributed by atoms with van der Waals surface area (Å²) in [6.45, 7) is 2.97. The largest absolute Gasteiger partial charge is 0.494 e. The molecule has 0 saturated carbocycles. The molecule has 0 radical (unpaired) electrons. The van der Waals surface area contributed by atoms with Gasteiger partial charge in [0.25, 0.3) is 11.8 Å². The first-order valence-corrected chi connectivity index (χ1v) is 10.1. The highest BCUT2D eigenvalue weighted by Crippen LogP contribution is 2.24. The van der Waals surface area contributed by atoms with Gasteiger partial charge in [0.05, 0.1) is 17.3 Å². The SMILES string of the molecule is CCOc1ccc(C(=O)Nc2cc(C(=O)NCCc3ccccc3)ccc2Cl)cc1. The fourth-order valence-electron chi connectivity index (χ4n) is 2.89. The first kappa shape index (κ1) is 21.4. The van der Waals surface area contributed by atoms with Gasteiger partial charge in [-0.15, -0.1) is 0 Å². The third-order valence-electron chi connectivity index (χ3n) is 4.45. The van der Waals surface area contributed by atoms with Crippen LogP contribution in [0.25, 0.3) is 0 Å². The molecule has 0 fully saturated rings. The second-order valence-electron chi connectivity index (χ2n) is 6.60. The Morgan fingerprint density at radius 2 is 1.60 bits per heavy atom. The summed E-state index contributed by atoms with van der Waals surface area (Å²) in [5.74, 6) is 0.155. The van der Waals surface area contributed by atoms with E-state index in [9.17, 15) is 9.59 Å². The number of carbonyl (C=O) groups is 2. The minimum absolute atomic E-state index is 0.223. The van der Waals surface area contributed by atoms with Gasteiger partial charge in [0, 0.05) is 17.7 Å². The van der Waals surface area contributed by atoms with Crippen LogP contribution in [0.2, 0.25) is 5.02 Å². The van der Waals surface area contributed by atoms with Crippen molar-refractivity contribution in [1.29, 1.82) is 0 Å². The summed E-state index contributed by atoms with van der Waals surface area (Å²) in [4.78, 5) is 25.0. The van der Waals surface area contributed by atoms with Gasteiger partial charge in [-0.05, 0) is 61.4 Å². The quantitative estimate of drug-likeness (QED) is 0.539. The molecule has 3 rings (SSSR count). The zero-order valence-electron chi connectivity index (χ0n) is 16.7. The molecule has 0 aromatic heterocycles. The number of halogens is 1. The number of rotatable bonds is 8. The second kappa shape index (κ2) is 10.5. The average Bonchev–Trinajstić information content (AvgIpc) is 2.76. The molecule has 0 saturated heterocycles. The molecule has 0 bridgehead atoms. The second-order valence-corrected chi connectivity index (χ2v) is 7.00. The summed E-state index contributed by atoms with van der Waals surface area (Å²) in [5, 5.41) is 6.01. The standard InChI is InChI=1S/C24H23ClN2O3/c1-2-30-20-11-8-18(9-12-20)24(29)27-22-16-19(10-13-21(22)25)23(28)26-15-14-17-6-4-3-5-7-17/h3-13,16H,2,14-15H2,1H3,(H,26,28)(H,27,29). The van der Waals surface area contributed by atoms with Gasteiger partial charge in [-0.2, -0.15) is 0 Å². The molecule has 0 aliphatic carbocycles. The monoisotopic (exact) mass is 422 g/mol. The van der Waals surface area contributed by atoms with Crippen molar-refractivity contribution in [2.75, 3.05) is 18.5 Å². The van der Waals surface area contributed by atoms with Crippen molar-refractivity contribution in [3.63, 3.8) is 0 Å². The zero-order chi connectivity index (χ0) is 21.3. The fourth-order valence-corrected chi connectivity index (χ4v) is 3.06. The number of carbonyl (C=O) groups excluding carboxylic acids is 2. The van der Waals surface area contributed by atoms with Crippen molar-refractivity contribution in [1.82, 2.24) is 5.32 Å². The molecular weight excluding hydrogens is 400 g/mol. The molecule has 2 amide bonds. The van der Waals surface area contributed by atoms with Gasteiger partial charge in [-0.25, -0.2) is 0 Å². The highest BCUT2D eigenvalue weighted by atomic mass is 35.5. The van der Waals surface area contributed by atoms with Crippen LogP contribution in [0.5, 0.6) is 5.75 Å². The fraction of sp³-hybridized carbons (Fsp3) is 0.167. The number of ether oxygens (including phenoxy) is 1. The van der Waals surface area contributed by atoms with Crippen LogP contribution in [0.3, 0.4) is 0 Å². The van der Waals surface area contributed by atoms with E-state index in [1.54, 1.807) is 42.5 Å². The van der Waals surface area contributed by atoms with Gasteiger partial charge in [0.2, 0.25) is 0 Å². The van der Waals surface area contributed by atoms with E-state index in [0.29, 0.717) is 40.7 Å². The topological polar surface area (TPSA) is 67.4 Å². The van der Waals surface area contributed by atoms with Crippen molar-refractivity contribution in [2.24, 2.45) is 0 Å². The smallest absolute Gasteiger partial charge is 0.255 e. The van der Waals surface area contributed by atoms with E-state index in [2.05, 4.69) is 10.6 Å². The van der Waals surface area contributed by atoms with E-state index >= 15 is 0 Å². The van der Waals surface area contributed by atoms with E-state index in [4.69, 9.17) is 16.3 Å².